The van der Waals surface area contributed by atoms with Crippen molar-refractivity contribution >= 4 is 11.9 Å². The molecule has 0 spiro atoms. The van der Waals surface area contributed by atoms with Crippen LogP contribution < -0.4 is 10.4 Å². The molecule has 2 aromatic carbocycles. The molecule has 6 rings (SSSR count). The normalized spacial score (nSPS) is 23.0. The number of hydrogen-bond donors (Lipinski definition) is 1. The lowest BCUT2D eigenvalue weighted by molar-refractivity contribution is -0.945. The highest BCUT2D eigenvalue weighted by molar-refractivity contribution is 5.92. The summed E-state index contributed by atoms with van der Waals surface area (Å²) in [5.41, 5.74) is -0.0329. The lowest BCUT2D eigenvalue weighted by atomic mass is 9.82. The van der Waals surface area contributed by atoms with E-state index >= 15 is 0 Å². The molecule has 37 heavy (non-hydrogen) atoms. The molecule has 8 heteroatoms. The maximum atomic E-state index is 14.2. The number of aryl methyl sites for hydroxylation is 2. The van der Waals surface area contributed by atoms with Gasteiger partial charge in [0.2, 0.25) is 0 Å². The van der Waals surface area contributed by atoms with Gasteiger partial charge in [-0.25, -0.2) is 0 Å². The number of carbonyl (C=O) groups is 2. The second kappa shape index (κ2) is 10.1. The summed E-state index contributed by atoms with van der Waals surface area (Å²) >= 11 is 0. The number of amides is 1. The Morgan fingerprint density at radius 3 is 2.22 bits per heavy atom. The third kappa shape index (κ3) is 4.91. The van der Waals surface area contributed by atoms with Crippen LogP contribution in [0.2, 0.25) is 0 Å². The molecular formula is C29H34N4O4. The zero-order valence-corrected chi connectivity index (χ0v) is 21.4. The number of piperidine rings is 3. The molecule has 3 fully saturated rings. The Labute approximate surface area is 217 Å². The standard InChI is InChI=1S/C29H34N4O4/c1-21-19-25(31-32(21)2)27(34)30-15-18-33-16-13-22(14-17-33)26(20-33)37-28(35)29(36,23-9-5-3-6-10-23)24-11-7-4-8-12-24/h3-12,19,22,26H,13-18,20H2,1-2H3,(H,30,34). The average molecular weight is 503 g/mol. The molecule has 2 bridgehead atoms. The maximum Gasteiger partial charge on any atom is 0.304 e. The first-order chi connectivity index (χ1) is 17.8. The predicted octanol–water partition coefficient (Wildman–Crippen LogP) is 1.91. The van der Waals surface area contributed by atoms with E-state index in [9.17, 15) is 14.7 Å². The van der Waals surface area contributed by atoms with E-state index in [1.807, 2.05) is 26.1 Å². The number of quaternary nitrogens is 1. The van der Waals surface area contributed by atoms with Crippen molar-refractivity contribution in [2.45, 2.75) is 31.5 Å². The van der Waals surface area contributed by atoms with Crippen molar-refractivity contribution in [3.05, 3.63) is 89.2 Å². The summed E-state index contributed by atoms with van der Waals surface area (Å²) < 4.78 is 8.53. The number of rotatable bonds is 8. The monoisotopic (exact) mass is 502 g/mol. The Kier molecular flexibility index (Phi) is 6.88. The SMILES string of the molecule is Cc1cc(C(=O)NCC[N+]23CCC(CC2)C(OC(=O)C([O-])(c2ccccc2)c2ccccc2)C3)nn1C. The highest BCUT2D eigenvalue weighted by atomic mass is 16.6. The molecule has 3 aliphatic heterocycles. The smallest absolute Gasteiger partial charge is 0.304 e. The van der Waals surface area contributed by atoms with Crippen LogP contribution in [0.15, 0.2) is 66.7 Å². The van der Waals surface area contributed by atoms with Crippen molar-refractivity contribution in [1.29, 1.82) is 0 Å². The highest BCUT2D eigenvalue weighted by Gasteiger charge is 2.48. The summed E-state index contributed by atoms with van der Waals surface area (Å²) in [5.74, 6) is -0.676. The van der Waals surface area contributed by atoms with Gasteiger partial charge in [-0.1, -0.05) is 60.7 Å². The van der Waals surface area contributed by atoms with Gasteiger partial charge >= 0.3 is 5.97 Å². The van der Waals surface area contributed by atoms with Gasteiger partial charge < -0.3 is 19.6 Å². The van der Waals surface area contributed by atoms with E-state index in [2.05, 4.69) is 10.4 Å². The number of hydrogen-bond acceptors (Lipinski definition) is 5. The Morgan fingerprint density at radius 2 is 1.68 bits per heavy atom. The van der Waals surface area contributed by atoms with Crippen LogP contribution in [0.1, 0.15) is 40.2 Å². The molecule has 8 nitrogen and oxygen atoms in total. The zero-order valence-electron chi connectivity index (χ0n) is 21.4. The minimum Gasteiger partial charge on any atom is -0.834 e. The van der Waals surface area contributed by atoms with E-state index in [-0.39, 0.29) is 17.9 Å². The van der Waals surface area contributed by atoms with Gasteiger partial charge in [-0.2, -0.15) is 5.10 Å². The minimum atomic E-state index is -2.13. The summed E-state index contributed by atoms with van der Waals surface area (Å²) in [6.45, 7) is 5.80. The number of benzene rings is 2. The highest BCUT2D eigenvalue weighted by Crippen LogP contribution is 2.37. The number of carbonyl (C=O) groups excluding carboxylic acids is 2. The van der Waals surface area contributed by atoms with Gasteiger partial charge in [0.25, 0.3) is 5.91 Å². The molecule has 1 amide bonds. The summed E-state index contributed by atoms with van der Waals surface area (Å²) in [6.07, 6.45) is 1.56. The molecule has 3 saturated heterocycles. The maximum absolute atomic E-state index is 14.2. The van der Waals surface area contributed by atoms with E-state index in [1.165, 1.54) is 0 Å². The topological polar surface area (TPSA) is 96.3 Å². The quantitative estimate of drug-likeness (QED) is 0.375. The second-order valence-electron chi connectivity index (χ2n) is 10.4. The molecule has 194 valence electrons. The molecule has 1 N–H and O–H groups in total. The van der Waals surface area contributed by atoms with Crippen molar-refractivity contribution in [2.24, 2.45) is 13.0 Å². The molecular weight excluding hydrogens is 468 g/mol. The first-order valence-corrected chi connectivity index (χ1v) is 13.0. The fourth-order valence-corrected chi connectivity index (χ4v) is 5.81. The number of esters is 1. The van der Waals surface area contributed by atoms with Gasteiger partial charge in [0, 0.05) is 37.1 Å². The van der Waals surface area contributed by atoms with Gasteiger partial charge in [0.1, 0.15) is 12.2 Å². The average Bonchev–Trinajstić information content (AvgIpc) is 3.27. The number of nitrogens with zero attached hydrogens (tertiary/aromatic N) is 3. The molecule has 1 atom stereocenters. The van der Waals surface area contributed by atoms with Gasteiger partial charge in [-0.15, -0.1) is 0 Å². The number of fused-ring (bicyclic) bond motifs is 3. The predicted molar refractivity (Wildman–Crippen MR) is 136 cm³/mol. The van der Waals surface area contributed by atoms with Crippen molar-refractivity contribution in [3.8, 4) is 0 Å². The van der Waals surface area contributed by atoms with Crippen LogP contribution in [0.5, 0.6) is 0 Å². The van der Waals surface area contributed by atoms with Crippen LogP contribution in [0.25, 0.3) is 0 Å². The molecule has 4 heterocycles. The first kappa shape index (κ1) is 25.2. The summed E-state index contributed by atoms with van der Waals surface area (Å²) in [5, 5.41) is 21.5. The van der Waals surface area contributed by atoms with Crippen LogP contribution in [0, 0.1) is 12.8 Å². The molecule has 1 unspecified atom stereocenters. The summed E-state index contributed by atoms with van der Waals surface area (Å²) in [7, 11) is 1.82. The lowest BCUT2D eigenvalue weighted by Crippen LogP contribution is -2.66. The van der Waals surface area contributed by atoms with Crippen molar-refractivity contribution in [1.82, 2.24) is 15.1 Å². The van der Waals surface area contributed by atoms with Gasteiger partial charge in [0.15, 0.2) is 6.10 Å². The van der Waals surface area contributed by atoms with E-state index in [0.29, 0.717) is 29.9 Å². The molecule has 0 aliphatic carbocycles. The third-order valence-corrected chi connectivity index (χ3v) is 8.17. The van der Waals surface area contributed by atoms with E-state index in [1.54, 1.807) is 59.3 Å². The fourth-order valence-electron chi connectivity index (χ4n) is 5.81. The lowest BCUT2D eigenvalue weighted by Gasteiger charge is -2.52. The van der Waals surface area contributed by atoms with Crippen molar-refractivity contribution in [3.63, 3.8) is 0 Å². The Hall–Kier alpha value is -3.49. The fraction of sp³-hybridized carbons (Fsp3) is 0.414. The number of nitrogens with one attached hydrogen (secondary N) is 1. The van der Waals surface area contributed by atoms with Crippen molar-refractivity contribution < 1.29 is 23.9 Å². The molecule has 3 aliphatic rings. The van der Waals surface area contributed by atoms with Crippen LogP contribution >= 0.6 is 0 Å². The Bertz CT molecular complexity index is 1190. The second-order valence-corrected chi connectivity index (χ2v) is 10.4. The molecule has 1 aromatic heterocycles. The molecule has 0 saturated carbocycles. The zero-order chi connectivity index (χ0) is 26.0. The van der Waals surface area contributed by atoms with Crippen LogP contribution in [-0.4, -0.2) is 65.0 Å². The summed E-state index contributed by atoms with van der Waals surface area (Å²) in [6, 6.07) is 19.3. The third-order valence-electron chi connectivity index (χ3n) is 8.17. The Morgan fingerprint density at radius 1 is 1.08 bits per heavy atom. The van der Waals surface area contributed by atoms with Crippen LogP contribution in [0.3, 0.4) is 0 Å². The van der Waals surface area contributed by atoms with Gasteiger partial charge in [-0.3, -0.25) is 14.3 Å². The van der Waals surface area contributed by atoms with Gasteiger partial charge in [-0.05, 0) is 24.1 Å². The summed E-state index contributed by atoms with van der Waals surface area (Å²) in [4.78, 5) is 26.1. The number of ether oxygens (including phenoxy) is 1. The molecule has 3 aromatic rings. The number of aromatic nitrogens is 2. The van der Waals surface area contributed by atoms with Crippen LogP contribution in [-0.2, 0) is 22.2 Å². The largest absolute Gasteiger partial charge is 0.834 e. The Balaban J connectivity index is 1.27. The van der Waals surface area contributed by atoms with Crippen LogP contribution in [0.4, 0.5) is 0 Å². The van der Waals surface area contributed by atoms with E-state index < -0.39 is 11.6 Å². The first-order valence-electron chi connectivity index (χ1n) is 13.0. The van der Waals surface area contributed by atoms with E-state index in [4.69, 9.17) is 4.74 Å². The van der Waals surface area contributed by atoms with E-state index in [0.717, 1.165) is 42.7 Å². The molecule has 0 radical (unpaired) electrons. The van der Waals surface area contributed by atoms with Crippen molar-refractivity contribution in [2.75, 3.05) is 32.7 Å². The minimum absolute atomic E-state index is 0.182. The van der Waals surface area contributed by atoms with Gasteiger partial charge in [0.05, 0.1) is 26.2 Å².